The van der Waals surface area contributed by atoms with Crippen LogP contribution in [0.3, 0.4) is 0 Å². The molecule has 1 aromatic heterocycles. The van der Waals surface area contributed by atoms with Gasteiger partial charge in [-0.2, -0.15) is 0 Å². The molecule has 1 heterocycles. The van der Waals surface area contributed by atoms with Crippen LogP contribution in [0.15, 0.2) is 18.3 Å². The Morgan fingerprint density at radius 1 is 1.33 bits per heavy atom. The molecule has 0 amide bonds. The van der Waals surface area contributed by atoms with Crippen molar-refractivity contribution in [1.29, 1.82) is 0 Å². The number of anilines is 1. The number of pyridine rings is 1. The third-order valence-corrected chi connectivity index (χ3v) is 3.60. The van der Waals surface area contributed by atoms with Crippen LogP contribution in [0.2, 0.25) is 0 Å². The Labute approximate surface area is 91.9 Å². The fourth-order valence-electron chi connectivity index (χ4n) is 2.44. The highest BCUT2D eigenvalue weighted by Gasteiger charge is 2.28. The number of nitrogens with two attached hydrogens (primary N) is 1. The first-order valence-corrected chi connectivity index (χ1v) is 5.79. The average molecular weight is 204 g/mol. The Bertz CT molecular complexity index is 334. The summed E-state index contributed by atoms with van der Waals surface area (Å²) in [6.07, 6.45) is 6.88. The molecule has 2 rings (SSSR count). The highest BCUT2D eigenvalue weighted by Crippen LogP contribution is 2.42. The van der Waals surface area contributed by atoms with Crippen molar-refractivity contribution >= 4 is 5.69 Å². The van der Waals surface area contributed by atoms with E-state index in [-0.39, 0.29) is 0 Å². The van der Waals surface area contributed by atoms with Gasteiger partial charge in [0.05, 0.1) is 11.4 Å². The van der Waals surface area contributed by atoms with Crippen molar-refractivity contribution in [1.82, 2.24) is 4.98 Å². The van der Waals surface area contributed by atoms with Gasteiger partial charge in [-0.25, -0.2) is 0 Å². The van der Waals surface area contributed by atoms with Crippen LogP contribution < -0.4 is 5.73 Å². The van der Waals surface area contributed by atoms with Gasteiger partial charge in [-0.15, -0.1) is 0 Å². The minimum absolute atomic E-state index is 0.514. The van der Waals surface area contributed by atoms with Gasteiger partial charge in [-0.3, -0.25) is 4.98 Å². The molecule has 0 spiro atoms. The summed E-state index contributed by atoms with van der Waals surface area (Å²) in [4.78, 5) is 4.42. The number of nitrogens with zero attached hydrogens (tertiary/aromatic N) is 1. The summed E-state index contributed by atoms with van der Waals surface area (Å²) >= 11 is 0. The first-order valence-electron chi connectivity index (χ1n) is 5.79. The molecule has 0 aliphatic heterocycles. The van der Waals surface area contributed by atoms with Crippen LogP contribution in [0, 0.1) is 5.41 Å². The third-order valence-electron chi connectivity index (χ3n) is 3.60. The molecule has 2 heteroatoms. The van der Waals surface area contributed by atoms with E-state index < -0.39 is 0 Å². The predicted molar refractivity (Wildman–Crippen MR) is 63.6 cm³/mol. The van der Waals surface area contributed by atoms with E-state index in [9.17, 15) is 0 Å². The highest BCUT2D eigenvalue weighted by atomic mass is 14.7. The molecule has 0 radical (unpaired) electrons. The van der Waals surface area contributed by atoms with Gasteiger partial charge in [0, 0.05) is 12.1 Å². The minimum Gasteiger partial charge on any atom is -0.397 e. The molecule has 1 aliphatic rings. The summed E-state index contributed by atoms with van der Waals surface area (Å²) in [5.41, 5.74) is 8.45. The molecule has 0 unspecified atom stereocenters. The molecule has 0 atom stereocenters. The molecular weight excluding hydrogens is 184 g/mol. The minimum atomic E-state index is 0.514. The van der Waals surface area contributed by atoms with Crippen LogP contribution in [0.5, 0.6) is 0 Å². The SMILES string of the molecule is CC1(C)CCC(c2ncccc2N)CC1. The third kappa shape index (κ3) is 2.31. The van der Waals surface area contributed by atoms with Crippen molar-refractivity contribution in [2.24, 2.45) is 5.41 Å². The summed E-state index contributed by atoms with van der Waals surface area (Å²) in [7, 11) is 0. The number of nitrogen functional groups attached to an aromatic ring is 1. The number of hydrogen-bond donors (Lipinski definition) is 1. The molecule has 15 heavy (non-hydrogen) atoms. The maximum atomic E-state index is 5.96. The normalized spacial score (nSPS) is 21.5. The molecular formula is C13H20N2. The van der Waals surface area contributed by atoms with Crippen molar-refractivity contribution in [3.63, 3.8) is 0 Å². The van der Waals surface area contributed by atoms with E-state index in [0.29, 0.717) is 11.3 Å². The predicted octanol–water partition coefficient (Wildman–Crippen LogP) is 3.35. The van der Waals surface area contributed by atoms with E-state index in [2.05, 4.69) is 18.8 Å². The van der Waals surface area contributed by atoms with Gasteiger partial charge in [0.2, 0.25) is 0 Å². The van der Waals surface area contributed by atoms with Crippen molar-refractivity contribution in [2.75, 3.05) is 5.73 Å². The lowest BCUT2D eigenvalue weighted by Gasteiger charge is -2.34. The maximum Gasteiger partial charge on any atom is 0.0663 e. The van der Waals surface area contributed by atoms with E-state index >= 15 is 0 Å². The number of rotatable bonds is 1. The van der Waals surface area contributed by atoms with Gasteiger partial charge >= 0.3 is 0 Å². The van der Waals surface area contributed by atoms with Gasteiger partial charge in [0.15, 0.2) is 0 Å². The highest BCUT2D eigenvalue weighted by molar-refractivity contribution is 5.44. The van der Waals surface area contributed by atoms with Crippen LogP contribution in [0.4, 0.5) is 5.69 Å². The topological polar surface area (TPSA) is 38.9 Å². The number of hydrogen-bond acceptors (Lipinski definition) is 2. The molecule has 1 saturated carbocycles. The van der Waals surface area contributed by atoms with Gasteiger partial charge in [0.1, 0.15) is 0 Å². The van der Waals surface area contributed by atoms with Crippen molar-refractivity contribution in [2.45, 2.75) is 45.4 Å². The smallest absolute Gasteiger partial charge is 0.0663 e. The van der Waals surface area contributed by atoms with Gasteiger partial charge in [-0.05, 0) is 43.2 Å². The lowest BCUT2D eigenvalue weighted by atomic mass is 9.72. The Hall–Kier alpha value is -1.05. The van der Waals surface area contributed by atoms with Crippen LogP contribution in [0.25, 0.3) is 0 Å². The van der Waals surface area contributed by atoms with Crippen molar-refractivity contribution in [3.05, 3.63) is 24.0 Å². The quantitative estimate of drug-likeness (QED) is 0.762. The van der Waals surface area contributed by atoms with Crippen molar-refractivity contribution in [3.8, 4) is 0 Å². The van der Waals surface area contributed by atoms with Gasteiger partial charge in [-0.1, -0.05) is 13.8 Å². The van der Waals surface area contributed by atoms with E-state index in [4.69, 9.17) is 5.73 Å². The summed E-state index contributed by atoms with van der Waals surface area (Å²) < 4.78 is 0. The second kappa shape index (κ2) is 3.84. The zero-order valence-corrected chi connectivity index (χ0v) is 9.66. The molecule has 0 bridgehead atoms. The van der Waals surface area contributed by atoms with E-state index in [0.717, 1.165) is 11.4 Å². The van der Waals surface area contributed by atoms with E-state index in [1.54, 1.807) is 0 Å². The summed E-state index contributed by atoms with van der Waals surface area (Å²) in [6, 6.07) is 3.87. The fourth-order valence-corrected chi connectivity index (χ4v) is 2.44. The van der Waals surface area contributed by atoms with E-state index in [1.807, 2.05) is 18.3 Å². The zero-order chi connectivity index (χ0) is 10.9. The second-order valence-corrected chi connectivity index (χ2v) is 5.42. The van der Waals surface area contributed by atoms with Crippen LogP contribution in [-0.4, -0.2) is 4.98 Å². The summed E-state index contributed by atoms with van der Waals surface area (Å²) in [6.45, 7) is 4.70. The standard InChI is InChI=1S/C13H20N2/c1-13(2)7-5-10(6-8-13)12-11(14)4-3-9-15-12/h3-4,9-10H,5-8,14H2,1-2H3. The largest absolute Gasteiger partial charge is 0.397 e. The summed E-state index contributed by atoms with van der Waals surface area (Å²) in [5.74, 6) is 0.583. The molecule has 0 saturated heterocycles. The number of aromatic nitrogens is 1. The van der Waals surface area contributed by atoms with Crippen LogP contribution in [0.1, 0.15) is 51.1 Å². The van der Waals surface area contributed by atoms with Crippen LogP contribution >= 0.6 is 0 Å². The molecule has 1 aromatic rings. The van der Waals surface area contributed by atoms with Gasteiger partial charge < -0.3 is 5.73 Å². The first kappa shape index (κ1) is 10.5. The monoisotopic (exact) mass is 204 g/mol. The fraction of sp³-hybridized carbons (Fsp3) is 0.615. The lowest BCUT2D eigenvalue weighted by Crippen LogP contribution is -2.21. The zero-order valence-electron chi connectivity index (χ0n) is 9.66. The Morgan fingerprint density at radius 2 is 2.00 bits per heavy atom. The van der Waals surface area contributed by atoms with Crippen molar-refractivity contribution < 1.29 is 0 Å². The first-order chi connectivity index (χ1) is 7.08. The Balaban J connectivity index is 2.11. The Kier molecular flexibility index (Phi) is 2.68. The summed E-state index contributed by atoms with van der Waals surface area (Å²) in [5, 5.41) is 0. The van der Waals surface area contributed by atoms with Crippen LogP contribution in [-0.2, 0) is 0 Å². The average Bonchev–Trinajstić information content (AvgIpc) is 2.19. The molecule has 1 fully saturated rings. The Morgan fingerprint density at radius 3 is 2.60 bits per heavy atom. The molecule has 2 nitrogen and oxygen atoms in total. The molecule has 1 aliphatic carbocycles. The van der Waals surface area contributed by atoms with Gasteiger partial charge in [0.25, 0.3) is 0 Å². The second-order valence-electron chi connectivity index (χ2n) is 5.42. The van der Waals surface area contributed by atoms with E-state index in [1.165, 1.54) is 25.7 Å². The molecule has 82 valence electrons. The maximum absolute atomic E-state index is 5.96. The lowest BCUT2D eigenvalue weighted by molar-refractivity contribution is 0.223. The molecule has 2 N–H and O–H groups in total. The molecule has 0 aromatic carbocycles.